The molecule has 1 aromatic heterocycles. The van der Waals surface area contributed by atoms with Crippen LogP contribution in [0.4, 0.5) is 0 Å². The Morgan fingerprint density at radius 2 is 2.10 bits per heavy atom. The van der Waals surface area contributed by atoms with E-state index in [1.54, 1.807) is 17.1 Å². The molecule has 1 aromatic rings. The zero-order valence-corrected chi connectivity index (χ0v) is 12.7. The lowest BCUT2D eigenvalue weighted by molar-refractivity contribution is -0.129. The molecule has 2 aliphatic rings. The van der Waals surface area contributed by atoms with Crippen LogP contribution in [-0.2, 0) is 4.79 Å². The molecule has 0 aromatic carbocycles. The molecule has 2 fully saturated rings. The van der Waals surface area contributed by atoms with Crippen molar-refractivity contribution in [3.8, 4) is 0 Å². The molecule has 4 heteroatoms. The van der Waals surface area contributed by atoms with Gasteiger partial charge in [-0.15, -0.1) is 0 Å². The molecule has 2 unspecified atom stereocenters. The lowest BCUT2D eigenvalue weighted by atomic mass is 9.94. The van der Waals surface area contributed by atoms with Crippen molar-refractivity contribution in [2.45, 2.75) is 44.6 Å². The number of rotatable bonds is 3. The van der Waals surface area contributed by atoms with Crippen LogP contribution in [0.5, 0.6) is 0 Å². The van der Waals surface area contributed by atoms with E-state index in [0.717, 1.165) is 17.4 Å². The normalized spacial score (nSPS) is 28.0. The second kappa shape index (κ2) is 5.34. The Kier molecular flexibility index (Phi) is 3.66. The third-order valence-corrected chi connectivity index (χ3v) is 4.66. The van der Waals surface area contributed by atoms with Gasteiger partial charge in [0.2, 0.25) is 5.91 Å². The fourth-order valence-electron chi connectivity index (χ4n) is 2.84. The number of aliphatic hydroxyl groups is 1. The molecule has 2 atom stereocenters. The first kappa shape index (κ1) is 14.4. The first-order valence-electron chi connectivity index (χ1n) is 7.74. The van der Waals surface area contributed by atoms with E-state index < -0.39 is 5.60 Å². The summed E-state index contributed by atoms with van der Waals surface area (Å²) in [6.45, 7) is 5.27. The molecule has 1 N–H and O–H groups in total. The minimum absolute atomic E-state index is 0.0109. The number of carbonyl (C=O) groups excluding carboxylic acids is 1. The molecule has 1 aliphatic heterocycles. The quantitative estimate of drug-likeness (QED) is 0.871. The molecule has 2 heterocycles. The molecule has 0 spiro atoms. The van der Waals surface area contributed by atoms with E-state index in [1.165, 1.54) is 6.42 Å². The van der Waals surface area contributed by atoms with Crippen molar-refractivity contribution in [3.05, 3.63) is 29.7 Å². The topological polar surface area (TPSA) is 53.7 Å². The Morgan fingerprint density at radius 3 is 2.71 bits per heavy atom. The van der Waals surface area contributed by atoms with Crippen molar-refractivity contribution < 1.29 is 14.3 Å². The zero-order valence-electron chi connectivity index (χ0n) is 12.7. The van der Waals surface area contributed by atoms with Gasteiger partial charge in [0.15, 0.2) is 0 Å². The predicted octanol–water partition coefficient (Wildman–Crippen LogP) is 2.79. The van der Waals surface area contributed by atoms with Crippen molar-refractivity contribution in [1.29, 1.82) is 0 Å². The van der Waals surface area contributed by atoms with E-state index in [2.05, 4.69) is 6.92 Å². The molecular formula is C17H23NO3. The maximum absolute atomic E-state index is 12.1. The molecule has 21 heavy (non-hydrogen) atoms. The molecule has 4 nitrogen and oxygen atoms in total. The first-order valence-corrected chi connectivity index (χ1v) is 7.74. The summed E-state index contributed by atoms with van der Waals surface area (Å²) in [5, 5.41) is 9.89. The van der Waals surface area contributed by atoms with Gasteiger partial charge < -0.3 is 14.4 Å². The van der Waals surface area contributed by atoms with Crippen LogP contribution in [-0.4, -0.2) is 34.6 Å². The van der Waals surface area contributed by atoms with Gasteiger partial charge in [0, 0.05) is 25.1 Å². The lowest BCUT2D eigenvalue weighted by Gasteiger charge is -2.35. The number of hydrogen-bond donors (Lipinski definition) is 1. The van der Waals surface area contributed by atoms with Crippen LogP contribution in [0.15, 0.2) is 22.6 Å². The summed E-state index contributed by atoms with van der Waals surface area (Å²) >= 11 is 0. The van der Waals surface area contributed by atoms with Crippen LogP contribution in [0.25, 0.3) is 6.08 Å². The van der Waals surface area contributed by atoms with Crippen molar-refractivity contribution in [2.24, 2.45) is 5.92 Å². The Hall–Kier alpha value is -1.55. The summed E-state index contributed by atoms with van der Waals surface area (Å²) in [6.07, 6.45) is 5.78. The van der Waals surface area contributed by atoms with Crippen LogP contribution >= 0.6 is 0 Å². The van der Waals surface area contributed by atoms with Gasteiger partial charge >= 0.3 is 0 Å². The summed E-state index contributed by atoms with van der Waals surface area (Å²) < 4.78 is 5.75. The Labute approximate surface area is 125 Å². The molecule has 0 radical (unpaired) electrons. The number of furan rings is 1. The number of hydrogen-bond acceptors (Lipinski definition) is 3. The minimum Gasteiger partial charge on any atom is -0.461 e. The van der Waals surface area contributed by atoms with Gasteiger partial charge in [-0.3, -0.25) is 4.79 Å². The summed E-state index contributed by atoms with van der Waals surface area (Å²) in [4.78, 5) is 13.9. The van der Waals surface area contributed by atoms with E-state index >= 15 is 0 Å². The first-order chi connectivity index (χ1) is 9.94. The fourth-order valence-corrected chi connectivity index (χ4v) is 2.84. The highest BCUT2D eigenvalue weighted by atomic mass is 16.3. The van der Waals surface area contributed by atoms with Gasteiger partial charge in [-0.1, -0.05) is 6.92 Å². The third-order valence-electron chi connectivity index (χ3n) is 4.66. The molecule has 3 rings (SSSR count). The highest BCUT2D eigenvalue weighted by Gasteiger charge is 2.36. The summed E-state index contributed by atoms with van der Waals surface area (Å²) in [7, 11) is 0. The van der Waals surface area contributed by atoms with Gasteiger partial charge in [-0.2, -0.15) is 0 Å². The van der Waals surface area contributed by atoms with E-state index in [1.807, 2.05) is 19.1 Å². The fraction of sp³-hybridized carbons (Fsp3) is 0.588. The van der Waals surface area contributed by atoms with E-state index in [4.69, 9.17) is 4.42 Å². The molecule has 1 amide bonds. The van der Waals surface area contributed by atoms with Crippen molar-refractivity contribution in [3.63, 3.8) is 0 Å². The molecule has 1 saturated carbocycles. The largest absolute Gasteiger partial charge is 0.461 e. The number of amides is 1. The van der Waals surface area contributed by atoms with Crippen LogP contribution < -0.4 is 0 Å². The van der Waals surface area contributed by atoms with Crippen LogP contribution in [0.1, 0.15) is 50.5 Å². The lowest BCUT2D eigenvalue weighted by Crippen LogP contribution is -2.44. The monoisotopic (exact) mass is 289 g/mol. The minimum atomic E-state index is -0.628. The van der Waals surface area contributed by atoms with Gasteiger partial charge in [0.1, 0.15) is 11.5 Å². The Bertz CT molecular complexity index is 548. The van der Waals surface area contributed by atoms with Gasteiger partial charge in [0.25, 0.3) is 0 Å². The maximum Gasteiger partial charge on any atom is 0.246 e. The van der Waals surface area contributed by atoms with Crippen molar-refractivity contribution >= 4 is 12.0 Å². The standard InChI is InChI=1S/C17H23NO3/c1-12-11-14(12)15-5-3-13(21-15)4-6-16(19)18-9-7-17(2,20)8-10-18/h3-6,12,14,20H,7-11H2,1-2H3/b6-4+. The average Bonchev–Trinajstić information content (AvgIpc) is 2.99. The SMILES string of the molecule is CC1CC1c1ccc(/C=C/C(=O)N2CCC(C)(O)CC2)o1. The molecule has 114 valence electrons. The highest BCUT2D eigenvalue weighted by Crippen LogP contribution is 2.47. The smallest absolute Gasteiger partial charge is 0.246 e. The average molecular weight is 289 g/mol. The van der Waals surface area contributed by atoms with E-state index in [-0.39, 0.29) is 5.91 Å². The van der Waals surface area contributed by atoms with Gasteiger partial charge in [-0.05, 0) is 50.3 Å². The number of piperidine rings is 1. The van der Waals surface area contributed by atoms with Crippen LogP contribution in [0.3, 0.4) is 0 Å². The second-order valence-corrected chi connectivity index (χ2v) is 6.72. The molecule has 1 saturated heterocycles. The predicted molar refractivity (Wildman–Crippen MR) is 80.7 cm³/mol. The molecule has 1 aliphatic carbocycles. The number of carbonyl (C=O) groups is 1. The Balaban J connectivity index is 1.56. The number of nitrogens with zero attached hydrogens (tertiary/aromatic N) is 1. The zero-order chi connectivity index (χ0) is 15.0. The summed E-state index contributed by atoms with van der Waals surface area (Å²) in [5.41, 5.74) is -0.628. The van der Waals surface area contributed by atoms with E-state index in [9.17, 15) is 9.90 Å². The Morgan fingerprint density at radius 1 is 1.43 bits per heavy atom. The highest BCUT2D eigenvalue weighted by molar-refractivity contribution is 5.91. The third kappa shape index (κ3) is 3.38. The van der Waals surface area contributed by atoms with E-state index in [0.29, 0.717) is 31.8 Å². The van der Waals surface area contributed by atoms with Crippen LogP contribution in [0.2, 0.25) is 0 Å². The molecule has 0 bridgehead atoms. The van der Waals surface area contributed by atoms with Crippen molar-refractivity contribution in [2.75, 3.05) is 13.1 Å². The number of likely N-dealkylation sites (tertiary alicyclic amines) is 1. The second-order valence-electron chi connectivity index (χ2n) is 6.72. The molecular weight excluding hydrogens is 266 g/mol. The van der Waals surface area contributed by atoms with Gasteiger partial charge in [0.05, 0.1) is 5.60 Å². The van der Waals surface area contributed by atoms with Crippen molar-refractivity contribution in [1.82, 2.24) is 4.90 Å². The summed E-state index contributed by atoms with van der Waals surface area (Å²) in [6, 6.07) is 3.93. The van der Waals surface area contributed by atoms with Crippen LogP contribution in [0, 0.1) is 5.92 Å². The maximum atomic E-state index is 12.1. The summed E-state index contributed by atoms with van der Waals surface area (Å²) in [5.74, 6) is 3.04. The van der Waals surface area contributed by atoms with Gasteiger partial charge in [-0.25, -0.2) is 0 Å².